The van der Waals surface area contributed by atoms with E-state index in [0.29, 0.717) is 23.2 Å². The van der Waals surface area contributed by atoms with Gasteiger partial charge in [-0.2, -0.15) is 13.2 Å². The van der Waals surface area contributed by atoms with Crippen molar-refractivity contribution >= 4 is 17.3 Å². The topological polar surface area (TPSA) is 31.7 Å². The molecule has 0 N–H and O–H groups in total. The van der Waals surface area contributed by atoms with Gasteiger partial charge in [-0.3, -0.25) is 14.6 Å². The molecule has 0 spiro atoms. The van der Waals surface area contributed by atoms with Crippen LogP contribution in [-0.2, 0) is 12.7 Å². The average molecular weight is 635 g/mol. The van der Waals surface area contributed by atoms with Gasteiger partial charge in [-0.25, -0.2) is 0 Å². The van der Waals surface area contributed by atoms with Gasteiger partial charge >= 0.3 is 6.18 Å². The Labute approximate surface area is 273 Å². The Morgan fingerprint density at radius 2 is 1.60 bits per heavy atom. The number of para-hydroxylation sites is 1. The van der Waals surface area contributed by atoms with Crippen molar-refractivity contribution < 1.29 is 18.0 Å². The van der Waals surface area contributed by atoms with Crippen molar-refractivity contribution in [1.29, 1.82) is 0 Å². The maximum atomic E-state index is 14.8. The van der Waals surface area contributed by atoms with Crippen LogP contribution in [0.15, 0.2) is 109 Å². The lowest BCUT2D eigenvalue weighted by Gasteiger charge is -2.47. The summed E-state index contributed by atoms with van der Waals surface area (Å²) in [5, 5.41) is 0. The van der Waals surface area contributed by atoms with E-state index in [1.807, 2.05) is 29.2 Å². The van der Waals surface area contributed by atoms with Crippen LogP contribution in [0, 0.1) is 13.8 Å². The fraction of sp³-hybridized carbons (Fsp3) is 0.256. The van der Waals surface area contributed by atoms with Crippen LogP contribution in [0.2, 0.25) is 0 Å². The highest BCUT2D eigenvalue weighted by Gasteiger charge is 2.40. The van der Waals surface area contributed by atoms with Crippen molar-refractivity contribution in [3.8, 4) is 11.1 Å². The molecule has 5 aromatic rings. The standard InChI is InChI=1S/C39H37F3N4O/c1-26-10-8-12-31(22-26)45-21-20-44(24-28(45)3)37-36-16-9-19-43(36)25-30-11-4-7-15-35(30)46(37)38(47)29-17-18-32(27(2)23-29)33-13-5-6-14-34(33)39(40,41)42/h4-19,22-23,28,37H,20-21,24-25H2,1-3H3. The molecule has 2 atom stereocenters. The summed E-state index contributed by atoms with van der Waals surface area (Å²) in [6, 6.07) is 31.5. The van der Waals surface area contributed by atoms with E-state index in [-0.39, 0.29) is 23.7 Å². The molecule has 1 saturated heterocycles. The van der Waals surface area contributed by atoms with Crippen LogP contribution in [0.4, 0.5) is 24.5 Å². The minimum Gasteiger partial charge on any atom is -0.366 e. The number of aryl methyl sites for hydroxylation is 2. The van der Waals surface area contributed by atoms with Gasteiger partial charge < -0.3 is 9.47 Å². The average Bonchev–Trinajstić information content (AvgIpc) is 3.45. The summed E-state index contributed by atoms with van der Waals surface area (Å²) in [6.45, 7) is 9.01. The molecule has 1 amide bonds. The molecule has 4 aromatic carbocycles. The van der Waals surface area contributed by atoms with Crippen LogP contribution in [0.1, 0.15) is 51.4 Å². The summed E-state index contributed by atoms with van der Waals surface area (Å²) in [6.07, 6.45) is -2.80. The quantitative estimate of drug-likeness (QED) is 0.198. The largest absolute Gasteiger partial charge is 0.417 e. The van der Waals surface area contributed by atoms with Crippen molar-refractivity contribution in [3.63, 3.8) is 0 Å². The first kappa shape index (κ1) is 30.8. The molecule has 47 heavy (non-hydrogen) atoms. The molecule has 7 rings (SSSR count). The Kier molecular flexibility index (Phi) is 7.92. The first-order chi connectivity index (χ1) is 22.6. The number of piperazine rings is 1. The van der Waals surface area contributed by atoms with Gasteiger partial charge in [0.15, 0.2) is 0 Å². The number of benzene rings is 4. The Bertz CT molecular complexity index is 1950. The summed E-state index contributed by atoms with van der Waals surface area (Å²) in [4.78, 5) is 21.6. The molecule has 0 saturated carbocycles. The van der Waals surface area contributed by atoms with Crippen LogP contribution in [0.3, 0.4) is 0 Å². The van der Waals surface area contributed by atoms with Crippen molar-refractivity contribution in [2.75, 3.05) is 29.4 Å². The number of halogens is 3. The lowest BCUT2D eigenvalue weighted by Crippen LogP contribution is -2.56. The molecule has 1 fully saturated rings. The summed E-state index contributed by atoms with van der Waals surface area (Å²) in [7, 11) is 0. The zero-order chi connectivity index (χ0) is 32.9. The van der Waals surface area contributed by atoms with Gasteiger partial charge in [-0.15, -0.1) is 0 Å². The van der Waals surface area contributed by atoms with Crippen molar-refractivity contribution in [1.82, 2.24) is 9.47 Å². The number of nitrogens with zero attached hydrogens (tertiary/aromatic N) is 4. The minimum absolute atomic E-state index is 0.104. The van der Waals surface area contributed by atoms with E-state index in [1.165, 1.54) is 23.4 Å². The maximum Gasteiger partial charge on any atom is 0.417 e. The molecule has 2 aliphatic heterocycles. The Hall–Kier alpha value is -4.82. The number of fused-ring (bicyclic) bond motifs is 2. The Morgan fingerprint density at radius 3 is 2.36 bits per heavy atom. The van der Waals surface area contributed by atoms with E-state index in [4.69, 9.17) is 0 Å². The molecule has 0 radical (unpaired) electrons. The molecular formula is C39H37F3N4O. The smallest absolute Gasteiger partial charge is 0.366 e. The third kappa shape index (κ3) is 5.71. The van der Waals surface area contributed by atoms with Gasteiger partial charge in [-0.05, 0) is 97.1 Å². The normalized spacial score (nSPS) is 18.4. The number of amides is 1. The van der Waals surface area contributed by atoms with Crippen molar-refractivity contribution in [3.05, 3.63) is 143 Å². The molecule has 1 aromatic heterocycles. The molecular weight excluding hydrogens is 597 g/mol. The van der Waals surface area contributed by atoms with Crippen LogP contribution in [0.25, 0.3) is 11.1 Å². The molecule has 0 bridgehead atoms. The molecule has 240 valence electrons. The molecule has 2 unspecified atom stereocenters. The maximum absolute atomic E-state index is 14.8. The lowest BCUT2D eigenvalue weighted by molar-refractivity contribution is -0.137. The number of anilines is 2. The summed E-state index contributed by atoms with van der Waals surface area (Å²) >= 11 is 0. The van der Waals surface area contributed by atoms with E-state index in [1.54, 1.807) is 31.2 Å². The van der Waals surface area contributed by atoms with Gasteiger partial charge in [0.2, 0.25) is 0 Å². The van der Waals surface area contributed by atoms with Crippen LogP contribution in [-0.4, -0.2) is 41.1 Å². The zero-order valence-electron chi connectivity index (χ0n) is 26.7. The summed E-state index contributed by atoms with van der Waals surface area (Å²) in [5.41, 5.74) is 6.21. The van der Waals surface area contributed by atoms with E-state index in [0.717, 1.165) is 42.6 Å². The predicted molar refractivity (Wildman–Crippen MR) is 181 cm³/mol. The number of alkyl halides is 3. The number of hydrogen-bond acceptors (Lipinski definition) is 3. The van der Waals surface area contributed by atoms with Crippen molar-refractivity contribution in [2.24, 2.45) is 0 Å². The highest BCUT2D eigenvalue weighted by Crippen LogP contribution is 2.41. The van der Waals surface area contributed by atoms with E-state index in [2.05, 4.69) is 70.8 Å². The van der Waals surface area contributed by atoms with Crippen LogP contribution >= 0.6 is 0 Å². The van der Waals surface area contributed by atoms with E-state index >= 15 is 0 Å². The second-order valence-electron chi connectivity index (χ2n) is 12.7. The third-order valence-electron chi connectivity index (χ3n) is 9.52. The fourth-order valence-corrected chi connectivity index (χ4v) is 7.30. The summed E-state index contributed by atoms with van der Waals surface area (Å²) < 4.78 is 43.9. The number of hydrogen-bond donors (Lipinski definition) is 0. The van der Waals surface area contributed by atoms with Gasteiger partial charge in [0.05, 0.1) is 16.9 Å². The second kappa shape index (κ2) is 12.1. The number of carbonyl (C=O) groups is 1. The first-order valence-electron chi connectivity index (χ1n) is 16.0. The number of aromatic nitrogens is 1. The predicted octanol–water partition coefficient (Wildman–Crippen LogP) is 8.71. The molecule has 0 aliphatic carbocycles. The second-order valence-corrected chi connectivity index (χ2v) is 12.7. The Balaban J connectivity index is 1.29. The van der Waals surface area contributed by atoms with Crippen molar-refractivity contribution in [2.45, 2.75) is 45.7 Å². The van der Waals surface area contributed by atoms with Gasteiger partial charge in [-0.1, -0.05) is 54.6 Å². The van der Waals surface area contributed by atoms with Gasteiger partial charge in [0, 0.05) is 49.7 Å². The molecule has 2 aliphatic rings. The Morgan fingerprint density at radius 1 is 0.809 bits per heavy atom. The summed E-state index contributed by atoms with van der Waals surface area (Å²) in [5.74, 6) is -0.190. The number of carbonyl (C=O) groups excluding carboxylic acids is 1. The molecule has 3 heterocycles. The van der Waals surface area contributed by atoms with E-state index < -0.39 is 11.7 Å². The SMILES string of the molecule is Cc1cccc(N2CCN(C3c4cccn4Cc4ccccc4N3C(=O)c3ccc(-c4ccccc4C(F)(F)F)c(C)c3)CC2C)c1. The monoisotopic (exact) mass is 634 g/mol. The fourth-order valence-electron chi connectivity index (χ4n) is 7.30. The lowest BCUT2D eigenvalue weighted by atomic mass is 9.94. The highest BCUT2D eigenvalue weighted by molar-refractivity contribution is 6.07. The highest BCUT2D eigenvalue weighted by atomic mass is 19.4. The molecule has 8 heteroatoms. The van der Waals surface area contributed by atoms with Gasteiger partial charge in [0.1, 0.15) is 6.17 Å². The number of rotatable bonds is 4. The third-order valence-corrected chi connectivity index (χ3v) is 9.52. The van der Waals surface area contributed by atoms with Crippen LogP contribution in [0.5, 0.6) is 0 Å². The zero-order valence-corrected chi connectivity index (χ0v) is 26.7. The van der Waals surface area contributed by atoms with Gasteiger partial charge in [0.25, 0.3) is 5.91 Å². The molecule has 5 nitrogen and oxygen atoms in total. The first-order valence-corrected chi connectivity index (χ1v) is 16.0. The van der Waals surface area contributed by atoms with E-state index in [9.17, 15) is 18.0 Å². The minimum atomic E-state index is -4.49. The van der Waals surface area contributed by atoms with Crippen LogP contribution < -0.4 is 9.80 Å².